The van der Waals surface area contributed by atoms with E-state index < -0.39 is 54.0 Å². The van der Waals surface area contributed by atoms with E-state index >= 15 is 0 Å². The van der Waals surface area contributed by atoms with Crippen LogP contribution in [0.15, 0.2) is 30.3 Å². The van der Waals surface area contributed by atoms with E-state index in [-0.39, 0.29) is 12.3 Å². The Bertz CT molecular complexity index is 849. The Kier molecular flexibility index (Phi) is 13.7. The third-order valence-electron chi connectivity index (χ3n) is 5.60. The van der Waals surface area contributed by atoms with Gasteiger partial charge < -0.3 is 37.6 Å². The maximum atomic E-state index is 13.2. The Hall–Kier alpha value is -3.02. The molecule has 5 atom stereocenters. The normalized spacial score (nSPS) is 15.3. The van der Waals surface area contributed by atoms with Gasteiger partial charge in [0.05, 0.1) is 12.1 Å². The average Bonchev–Trinajstić information content (AvgIpc) is 2.81. The Morgan fingerprint density at radius 3 is 2.00 bits per heavy atom. The number of carbonyl (C=O) groups is 4. The predicted molar refractivity (Wildman–Crippen MR) is 136 cm³/mol. The Balaban J connectivity index is 2.96. The number of hydrogen-bond donors (Lipinski definition) is 7. The van der Waals surface area contributed by atoms with Crippen LogP contribution >= 0.6 is 0 Å². The summed E-state index contributed by atoms with van der Waals surface area (Å²) in [6.07, 6.45) is 0.562. The number of carbonyl (C=O) groups excluding carboxylic acids is 3. The maximum Gasteiger partial charge on any atom is 0.328 e. The molecule has 1 aromatic rings. The van der Waals surface area contributed by atoms with Gasteiger partial charge in [-0.2, -0.15) is 0 Å². The second-order valence-corrected chi connectivity index (χ2v) is 9.40. The van der Waals surface area contributed by atoms with E-state index in [0.717, 1.165) is 5.56 Å². The monoisotopic (exact) mass is 507 g/mol. The number of rotatable bonds is 16. The quantitative estimate of drug-likeness (QED) is 0.147. The number of aliphatic hydroxyl groups excluding tert-OH is 1. The van der Waals surface area contributed by atoms with E-state index in [9.17, 15) is 29.4 Å². The molecule has 0 spiro atoms. The van der Waals surface area contributed by atoms with Crippen LogP contribution in [0.3, 0.4) is 0 Å². The van der Waals surface area contributed by atoms with Gasteiger partial charge in [-0.3, -0.25) is 14.4 Å². The van der Waals surface area contributed by atoms with Gasteiger partial charge >= 0.3 is 5.97 Å². The van der Waals surface area contributed by atoms with Gasteiger partial charge in [-0.25, -0.2) is 4.79 Å². The summed E-state index contributed by atoms with van der Waals surface area (Å²) in [5.41, 5.74) is 12.5. The maximum absolute atomic E-state index is 13.2. The molecule has 0 aliphatic carbocycles. The van der Waals surface area contributed by atoms with Crippen LogP contribution in [0.4, 0.5) is 0 Å². The summed E-state index contributed by atoms with van der Waals surface area (Å²) in [4.78, 5) is 50.1. The van der Waals surface area contributed by atoms with Gasteiger partial charge in [0.15, 0.2) is 6.04 Å². The van der Waals surface area contributed by atoms with Crippen molar-refractivity contribution < 1.29 is 29.4 Å². The molecule has 1 rings (SSSR count). The molecule has 0 radical (unpaired) electrons. The lowest BCUT2D eigenvalue weighted by atomic mass is 10.0. The molecule has 9 N–H and O–H groups in total. The van der Waals surface area contributed by atoms with Crippen LogP contribution in [0.1, 0.15) is 52.0 Å². The van der Waals surface area contributed by atoms with E-state index in [0.29, 0.717) is 32.2 Å². The Morgan fingerprint density at radius 2 is 1.47 bits per heavy atom. The standard InChI is InChI=1S/C25H41N5O6/c1-15(2)13-20(29-22(32)18(27)14-17-9-5-4-6-10-17)24(34)28-19(11-7-8-12-26)23(33)30-21(16(3)31)25(35)36/h4-6,9-10,15-16,18-21,31H,7-8,11-14,26-27H2,1-3H3,(H,28,34)(H,29,32)(H,30,33)(H,35,36). The molecular weight excluding hydrogens is 466 g/mol. The summed E-state index contributed by atoms with van der Waals surface area (Å²) in [6.45, 7) is 5.41. The number of carboxylic acids is 1. The third kappa shape index (κ3) is 11.1. The van der Waals surface area contributed by atoms with Gasteiger partial charge in [-0.1, -0.05) is 44.2 Å². The SMILES string of the molecule is CC(C)CC(NC(=O)C(N)Cc1ccccc1)C(=O)NC(CCCCN)C(=O)NC(C(=O)O)C(C)O. The zero-order valence-corrected chi connectivity index (χ0v) is 21.3. The molecule has 202 valence electrons. The van der Waals surface area contributed by atoms with Crippen LogP contribution in [0.5, 0.6) is 0 Å². The predicted octanol–water partition coefficient (Wildman–Crippen LogP) is -0.349. The molecule has 36 heavy (non-hydrogen) atoms. The van der Waals surface area contributed by atoms with Gasteiger partial charge in [0.2, 0.25) is 17.7 Å². The molecule has 0 aliphatic rings. The zero-order valence-electron chi connectivity index (χ0n) is 21.3. The number of carboxylic acid groups (broad SMARTS) is 1. The number of aliphatic hydroxyl groups is 1. The van der Waals surface area contributed by atoms with Crippen molar-refractivity contribution in [1.82, 2.24) is 16.0 Å². The number of unbranched alkanes of at least 4 members (excludes halogenated alkanes) is 1. The summed E-state index contributed by atoms with van der Waals surface area (Å²) in [5.74, 6) is -3.18. The smallest absolute Gasteiger partial charge is 0.328 e. The van der Waals surface area contributed by atoms with E-state index in [2.05, 4.69) is 16.0 Å². The zero-order chi connectivity index (χ0) is 27.3. The fraction of sp³-hybridized carbons (Fsp3) is 0.600. The highest BCUT2D eigenvalue weighted by molar-refractivity contribution is 5.94. The van der Waals surface area contributed by atoms with Crippen molar-refractivity contribution in [3.8, 4) is 0 Å². The third-order valence-corrected chi connectivity index (χ3v) is 5.60. The highest BCUT2D eigenvalue weighted by Gasteiger charge is 2.32. The van der Waals surface area contributed by atoms with Crippen molar-refractivity contribution in [2.75, 3.05) is 6.54 Å². The Labute approximate surface area is 212 Å². The molecule has 3 amide bonds. The number of nitrogens with two attached hydrogens (primary N) is 2. The summed E-state index contributed by atoms with van der Waals surface area (Å²) < 4.78 is 0. The number of aliphatic carboxylic acids is 1. The fourth-order valence-corrected chi connectivity index (χ4v) is 3.62. The molecule has 5 unspecified atom stereocenters. The second kappa shape index (κ2) is 15.9. The lowest BCUT2D eigenvalue weighted by molar-refractivity contribution is -0.145. The minimum atomic E-state index is -1.53. The molecule has 0 saturated heterocycles. The number of benzene rings is 1. The highest BCUT2D eigenvalue weighted by Crippen LogP contribution is 2.09. The van der Waals surface area contributed by atoms with Crippen molar-refractivity contribution in [1.29, 1.82) is 0 Å². The molecule has 11 heteroatoms. The minimum absolute atomic E-state index is 0.0440. The van der Waals surface area contributed by atoms with Gasteiger partial charge in [0, 0.05) is 0 Å². The molecule has 0 saturated carbocycles. The minimum Gasteiger partial charge on any atom is -0.480 e. The average molecular weight is 508 g/mol. The molecule has 0 fully saturated rings. The molecule has 0 aliphatic heterocycles. The molecule has 11 nitrogen and oxygen atoms in total. The summed E-state index contributed by atoms with van der Waals surface area (Å²) in [6, 6.07) is 4.83. The summed E-state index contributed by atoms with van der Waals surface area (Å²) in [7, 11) is 0. The molecule has 0 heterocycles. The first-order valence-corrected chi connectivity index (χ1v) is 12.3. The van der Waals surface area contributed by atoms with Gasteiger partial charge in [-0.05, 0) is 57.1 Å². The van der Waals surface area contributed by atoms with E-state index in [4.69, 9.17) is 11.5 Å². The number of nitrogens with one attached hydrogen (secondary N) is 3. The van der Waals surface area contributed by atoms with Gasteiger partial charge in [0.25, 0.3) is 0 Å². The number of amides is 3. The first-order valence-electron chi connectivity index (χ1n) is 12.3. The lowest BCUT2D eigenvalue weighted by Gasteiger charge is -2.26. The van der Waals surface area contributed by atoms with Crippen LogP contribution in [0.25, 0.3) is 0 Å². The van der Waals surface area contributed by atoms with Crippen molar-refractivity contribution in [3.63, 3.8) is 0 Å². The molecule has 1 aromatic carbocycles. The van der Waals surface area contributed by atoms with Gasteiger partial charge in [-0.15, -0.1) is 0 Å². The second-order valence-electron chi connectivity index (χ2n) is 9.40. The topological polar surface area (TPSA) is 197 Å². The Morgan fingerprint density at radius 1 is 0.889 bits per heavy atom. The van der Waals surface area contributed by atoms with Crippen molar-refractivity contribution in [2.24, 2.45) is 17.4 Å². The van der Waals surface area contributed by atoms with E-state index in [1.54, 1.807) is 0 Å². The lowest BCUT2D eigenvalue weighted by Crippen LogP contribution is -2.58. The van der Waals surface area contributed by atoms with Crippen molar-refractivity contribution in [2.45, 2.75) is 83.1 Å². The van der Waals surface area contributed by atoms with Crippen molar-refractivity contribution in [3.05, 3.63) is 35.9 Å². The van der Waals surface area contributed by atoms with E-state index in [1.165, 1.54) is 6.92 Å². The number of hydrogen-bond acceptors (Lipinski definition) is 7. The van der Waals surface area contributed by atoms with Crippen LogP contribution in [0.2, 0.25) is 0 Å². The van der Waals surface area contributed by atoms with Crippen LogP contribution in [0, 0.1) is 5.92 Å². The largest absolute Gasteiger partial charge is 0.480 e. The van der Waals surface area contributed by atoms with Crippen LogP contribution in [-0.4, -0.2) is 70.7 Å². The van der Waals surface area contributed by atoms with Crippen LogP contribution in [-0.2, 0) is 25.6 Å². The summed E-state index contributed by atoms with van der Waals surface area (Å²) in [5, 5.41) is 26.6. The molecule has 0 aromatic heterocycles. The molecular formula is C25H41N5O6. The highest BCUT2D eigenvalue weighted by atomic mass is 16.4. The van der Waals surface area contributed by atoms with E-state index in [1.807, 2.05) is 44.2 Å². The summed E-state index contributed by atoms with van der Waals surface area (Å²) >= 11 is 0. The van der Waals surface area contributed by atoms with Crippen LogP contribution < -0.4 is 27.4 Å². The van der Waals surface area contributed by atoms with Crippen molar-refractivity contribution >= 4 is 23.7 Å². The fourth-order valence-electron chi connectivity index (χ4n) is 3.62. The molecule has 0 bridgehead atoms. The first kappa shape index (κ1) is 31.0. The van der Waals surface area contributed by atoms with Gasteiger partial charge in [0.1, 0.15) is 12.1 Å². The first-order chi connectivity index (χ1) is 17.0.